The number of amides is 1. The van der Waals surface area contributed by atoms with Crippen molar-refractivity contribution >= 4 is 21.6 Å². The molecule has 0 atom stereocenters. The van der Waals surface area contributed by atoms with Crippen LogP contribution in [-0.2, 0) is 21.2 Å². The van der Waals surface area contributed by atoms with Gasteiger partial charge < -0.3 is 14.8 Å². The molecule has 1 heterocycles. The first-order valence-electron chi connectivity index (χ1n) is 10.6. The van der Waals surface area contributed by atoms with Crippen molar-refractivity contribution in [3.63, 3.8) is 0 Å². The molecule has 1 amide bonds. The van der Waals surface area contributed by atoms with Crippen LogP contribution in [0.3, 0.4) is 0 Å². The second-order valence-electron chi connectivity index (χ2n) is 8.10. The van der Waals surface area contributed by atoms with E-state index in [0.717, 1.165) is 50.3 Å². The molecule has 2 aromatic rings. The first-order chi connectivity index (χ1) is 15.3. The molecule has 9 heteroatoms. The molecule has 1 fully saturated rings. The van der Waals surface area contributed by atoms with Gasteiger partial charge in [0.05, 0.1) is 25.7 Å². The molecule has 0 aromatic heterocycles. The maximum atomic E-state index is 12.4. The Kier molecular flexibility index (Phi) is 8.11. The summed E-state index contributed by atoms with van der Waals surface area (Å²) >= 11 is 0. The molecule has 0 spiro atoms. The van der Waals surface area contributed by atoms with E-state index in [4.69, 9.17) is 14.6 Å². The monoisotopic (exact) mass is 461 g/mol. The van der Waals surface area contributed by atoms with Gasteiger partial charge in [0.1, 0.15) is 11.5 Å². The molecular formula is C23H31N3O5S. The van der Waals surface area contributed by atoms with E-state index in [1.54, 1.807) is 14.2 Å². The normalized spacial score (nSPS) is 15.3. The third-order valence-corrected chi connectivity index (χ3v) is 6.72. The SMILES string of the molecule is COc1cc(CCC2CCN(CC(=O)Nc3ccc(S(N)(=O)=O)cc3)CC2)cc(OC)c1. The molecular weight excluding hydrogens is 430 g/mol. The van der Waals surface area contributed by atoms with E-state index >= 15 is 0 Å². The number of nitrogens with two attached hydrogens (primary N) is 1. The second kappa shape index (κ2) is 10.8. The summed E-state index contributed by atoms with van der Waals surface area (Å²) in [7, 11) is -0.426. The minimum atomic E-state index is -3.74. The highest BCUT2D eigenvalue weighted by atomic mass is 32.2. The van der Waals surface area contributed by atoms with E-state index in [1.807, 2.05) is 6.07 Å². The number of rotatable bonds is 9. The van der Waals surface area contributed by atoms with Gasteiger partial charge >= 0.3 is 0 Å². The molecule has 0 aliphatic carbocycles. The summed E-state index contributed by atoms with van der Waals surface area (Å²) in [5, 5.41) is 7.90. The number of carbonyl (C=O) groups is 1. The number of carbonyl (C=O) groups excluding carboxylic acids is 1. The quantitative estimate of drug-likeness (QED) is 0.594. The van der Waals surface area contributed by atoms with Gasteiger partial charge in [0.2, 0.25) is 15.9 Å². The predicted octanol–water partition coefficient (Wildman–Crippen LogP) is 2.63. The molecule has 0 saturated carbocycles. The van der Waals surface area contributed by atoms with Crippen LogP contribution in [0.2, 0.25) is 0 Å². The average molecular weight is 462 g/mol. The Hall–Kier alpha value is -2.62. The molecule has 1 aliphatic heterocycles. The number of likely N-dealkylation sites (tertiary alicyclic amines) is 1. The molecule has 1 saturated heterocycles. The van der Waals surface area contributed by atoms with Gasteiger partial charge in [-0.3, -0.25) is 9.69 Å². The highest BCUT2D eigenvalue weighted by Gasteiger charge is 2.21. The van der Waals surface area contributed by atoms with Crippen molar-refractivity contribution in [2.75, 3.05) is 39.2 Å². The van der Waals surface area contributed by atoms with Crippen molar-refractivity contribution in [2.45, 2.75) is 30.6 Å². The third-order valence-electron chi connectivity index (χ3n) is 5.79. The number of anilines is 1. The summed E-state index contributed by atoms with van der Waals surface area (Å²) in [5.41, 5.74) is 1.75. The zero-order valence-corrected chi connectivity index (χ0v) is 19.4. The van der Waals surface area contributed by atoms with Crippen molar-refractivity contribution < 1.29 is 22.7 Å². The molecule has 2 aromatic carbocycles. The molecule has 1 aliphatic rings. The summed E-state index contributed by atoms with van der Waals surface area (Å²) in [5.74, 6) is 2.12. The van der Waals surface area contributed by atoms with Gasteiger partial charge in [0.15, 0.2) is 0 Å². The highest BCUT2D eigenvalue weighted by Crippen LogP contribution is 2.27. The van der Waals surface area contributed by atoms with Crippen LogP contribution in [-0.4, -0.2) is 53.1 Å². The zero-order valence-electron chi connectivity index (χ0n) is 18.5. The maximum absolute atomic E-state index is 12.4. The first-order valence-corrected chi connectivity index (χ1v) is 12.2. The Labute approximate surface area is 189 Å². The fourth-order valence-electron chi connectivity index (χ4n) is 3.95. The van der Waals surface area contributed by atoms with Crippen LogP contribution in [0.4, 0.5) is 5.69 Å². The molecule has 0 unspecified atom stereocenters. The molecule has 32 heavy (non-hydrogen) atoms. The van der Waals surface area contributed by atoms with Crippen LogP contribution >= 0.6 is 0 Å². The standard InChI is InChI=1S/C23H31N3O5S/c1-30-20-13-18(14-21(15-20)31-2)4-3-17-9-11-26(12-10-17)16-23(27)25-19-5-7-22(8-6-19)32(24,28)29/h5-8,13-15,17H,3-4,9-12,16H2,1-2H3,(H,25,27)(H2,24,28,29). The van der Waals surface area contributed by atoms with Crippen LogP contribution in [0.1, 0.15) is 24.8 Å². The number of nitrogens with zero attached hydrogens (tertiary/aromatic N) is 1. The van der Waals surface area contributed by atoms with E-state index < -0.39 is 10.0 Å². The minimum absolute atomic E-state index is 0.0185. The molecule has 3 rings (SSSR count). The fourth-order valence-corrected chi connectivity index (χ4v) is 4.46. The topological polar surface area (TPSA) is 111 Å². The van der Waals surface area contributed by atoms with E-state index in [9.17, 15) is 13.2 Å². The molecule has 0 radical (unpaired) electrons. The number of aryl methyl sites for hydroxylation is 1. The Bertz CT molecular complexity index is 994. The van der Waals surface area contributed by atoms with Gasteiger partial charge in [0, 0.05) is 11.8 Å². The van der Waals surface area contributed by atoms with Gasteiger partial charge in [-0.05, 0) is 86.7 Å². The van der Waals surface area contributed by atoms with Crippen LogP contribution in [0.25, 0.3) is 0 Å². The lowest BCUT2D eigenvalue weighted by Crippen LogP contribution is -2.39. The number of primary sulfonamides is 1. The van der Waals surface area contributed by atoms with Crippen LogP contribution < -0.4 is 19.9 Å². The highest BCUT2D eigenvalue weighted by molar-refractivity contribution is 7.89. The Morgan fingerprint density at radius 3 is 2.19 bits per heavy atom. The summed E-state index contributed by atoms with van der Waals surface area (Å²) < 4.78 is 33.3. The predicted molar refractivity (Wildman–Crippen MR) is 123 cm³/mol. The van der Waals surface area contributed by atoms with Crippen LogP contribution in [0, 0.1) is 5.92 Å². The van der Waals surface area contributed by atoms with Gasteiger partial charge in [0.25, 0.3) is 0 Å². The van der Waals surface area contributed by atoms with E-state index in [2.05, 4.69) is 22.3 Å². The van der Waals surface area contributed by atoms with E-state index in [0.29, 0.717) is 18.2 Å². The fraction of sp³-hybridized carbons (Fsp3) is 0.435. The lowest BCUT2D eigenvalue weighted by Gasteiger charge is -2.31. The second-order valence-corrected chi connectivity index (χ2v) is 9.66. The van der Waals surface area contributed by atoms with Crippen molar-refractivity contribution in [1.82, 2.24) is 4.90 Å². The minimum Gasteiger partial charge on any atom is -0.497 e. The largest absolute Gasteiger partial charge is 0.497 e. The third kappa shape index (κ3) is 6.94. The summed E-state index contributed by atoms with van der Waals surface area (Å²) in [6, 6.07) is 11.8. The van der Waals surface area contributed by atoms with E-state index in [-0.39, 0.29) is 10.8 Å². The lowest BCUT2D eigenvalue weighted by atomic mass is 9.90. The molecule has 8 nitrogen and oxygen atoms in total. The van der Waals surface area contributed by atoms with Crippen molar-refractivity contribution in [1.29, 1.82) is 0 Å². The number of piperidine rings is 1. The van der Waals surface area contributed by atoms with Crippen molar-refractivity contribution in [3.8, 4) is 11.5 Å². The number of nitrogens with one attached hydrogen (secondary N) is 1. The Morgan fingerprint density at radius 2 is 1.66 bits per heavy atom. The number of hydrogen-bond acceptors (Lipinski definition) is 6. The van der Waals surface area contributed by atoms with Crippen LogP contribution in [0.15, 0.2) is 47.4 Å². The summed E-state index contributed by atoms with van der Waals surface area (Å²) in [6.45, 7) is 2.07. The van der Waals surface area contributed by atoms with Crippen LogP contribution in [0.5, 0.6) is 11.5 Å². The smallest absolute Gasteiger partial charge is 0.238 e. The molecule has 0 bridgehead atoms. The summed E-state index contributed by atoms with van der Waals surface area (Å²) in [4.78, 5) is 14.5. The maximum Gasteiger partial charge on any atom is 0.238 e. The van der Waals surface area contributed by atoms with Gasteiger partial charge in [-0.15, -0.1) is 0 Å². The number of ether oxygens (including phenoxy) is 2. The van der Waals surface area contributed by atoms with Gasteiger partial charge in [-0.25, -0.2) is 13.6 Å². The lowest BCUT2D eigenvalue weighted by molar-refractivity contribution is -0.117. The number of benzene rings is 2. The van der Waals surface area contributed by atoms with Crippen molar-refractivity contribution in [2.24, 2.45) is 11.1 Å². The zero-order chi connectivity index (χ0) is 23.1. The summed E-state index contributed by atoms with van der Waals surface area (Å²) in [6.07, 6.45) is 4.16. The molecule has 174 valence electrons. The van der Waals surface area contributed by atoms with Crippen molar-refractivity contribution in [3.05, 3.63) is 48.0 Å². The average Bonchev–Trinajstić information content (AvgIpc) is 2.78. The van der Waals surface area contributed by atoms with Gasteiger partial charge in [-0.2, -0.15) is 0 Å². The van der Waals surface area contributed by atoms with E-state index in [1.165, 1.54) is 29.8 Å². The number of methoxy groups -OCH3 is 2. The Balaban J connectivity index is 1.42. The molecule has 3 N–H and O–H groups in total. The van der Waals surface area contributed by atoms with Gasteiger partial charge in [-0.1, -0.05) is 0 Å². The first kappa shape index (κ1) is 24.0. The number of sulfonamides is 1. The Morgan fingerprint density at radius 1 is 1.06 bits per heavy atom. The number of hydrogen-bond donors (Lipinski definition) is 2.